The lowest BCUT2D eigenvalue weighted by molar-refractivity contribution is 0.250. The average molecular weight is 409 g/mol. The highest BCUT2D eigenvalue weighted by molar-refractivity contribution is 9.10. The van der Waals surface area contributed by atoms with Gasteiger partial charge in [-0.05, 0) is 48.9 Å². The molecular formula is C17H15BrClN3O2. The van der Waals surface area contributed by atoms with Gasteiger partial charge in [-0.25, -0.2) is 4.79 Å². The van der Waals surface area contributed by atoms with Gasteiger partial charge in [0.25, 0.3) is 0 Å². The topological polar surface area (TPSA) is 74.2 Å². The minimum Gasteiger partial charge on any atom is -0.492 e. The number of anilines is 1. The minimum atomic E-state index is -0.304. The second kappa shape index (κ2) is 9.16. The van der Waals surface area contributed by atoms with Crippen LogP contribution in [-0.4, -0.2) is 19.2 Å². The van der Waals surface area contributed by atoms with Crippen LogP contribution in [0.3, 0.4) is 0 Å². The van der Waals surface area contributed by atoms with Gasteiger partial charge in [0.2, 0.25) is 0 Å². The zero-order chi connectivity index (χ0) is 17.4. The predicted octanol–water partition coefficient (Wildman–Crippen LogP) is 4.56. The number of rotatable bonds is 6. The van der Waals surface area contributed by atoms with E-state index < -0.39 is 0 Å². The predicted molar refractivity (Wildman–Crippen MR) is 97.4 cm³/mol. The van der Waals surface area contributed by atoms with Crippen molar-refractivity contribution in [1.82, 2.24) is 5.32 Å². The Hall–Kier alpha value is -2.23. The Morgan fingerprint density at radius 3 is 2.67 bits per heavy atom. The molecule has 2 aromatic rings. The lowest BCUT2D eigenvalue weighted by atomic mass is 10.2. The largest absolute Gasteiger partial charge is 0.492 e. The van der Waals surface area contributed by atoms with Crippen LogP contribution in [0, 0.1) is 11.3 Å². The van der Waals surface area contributed by atoms with Gasteiger partial charge < -0.3 is 15.4 Å². The molecule has 2 amide bonds. The molecule has 2 N–H and O–H groups in total. The summed E-state index contributed by atoms with van der Waals surface area (Å²) in [6.45, 7) is 0.911. The summed E-state index contributed by atoms with van der Waals surface area (Å²) in [5.41, 5.74) is 1.18. The van der Waals surface area contributed by atoms with Crippen molar-refractivity contribution in [1.29, 1.82) is 5.26 Å². The number of nitrogens with zero attached hydrogens (tertiary/aromatic N) is 1. The van der Waals surface area contributed by atoms with Crippen molar-refractivity contribution in [3.63, 3.8) is 0 Å². The van der Waals surface area contributed by atoms with Crippen LogP contribution < -0.4 is 15.4 Å². The Morgan fingerprint density at radius 1 is 1.25 bits per heavy atom. The number of ether oxygens (including phenoxy) is 1. The first-order valence-corrected chi connectivity index (χ1v) is 8.38. The van der Waals surface area contributed by atoms with E-state index in [9.17, 15) is 4.79 Å². The Morgan fingerprint density at radius 2 is 2.00 bits per heavy atom. The SMILES string of the molecule is N#Cc1ccc(NC(=O)NCCCOc2ccc(Br)cc2Cl)cc1. The molecule has 0 bridgehead atoms. The number of nitriles is 1. The molecule has 5 nitrogen and oxygen atoms in total. The van der Waals surface area contributed by atoms with Crippen LogP contribution in [0.2, 0.25) is 5.02 Å². The molecule has 0 heterocycles. The van der Waals surface area contributed by atoms with Crippen LogP contribution in [0.25, 0.3) is 0 Å². The first-order chi connectivity index (χ1) is 11.6. The molecule has 0 saturated heterocycles. The van der Waals surface area contributed by atoms with Crippen LogP contribution in [0.15, 0.2) is 46.9 Å². The summed E-state index contributed by atoms with van der Waals surface area (Å²) in [7, 11) is 0. The van der Waals surface area contributed by atoms with Crippen LogP contribution in [0.4, 0.5) is 10.5 Å². The van der Waals surface area contributed by atoms with Gasteiger partial charge in [0.1, 0.15) is 5.75 Å². The van der Waals surface area contributed by atoms with E-state index in [0.717, 1.165) is 4.47 Å². The Labute approximate surface area is 153 Å². The van der Waals surface area contributed by atoms with E-state index in [2.05, 4.69) is 26.6 Å². The van der Waals surface area contributed by atoms with Crippen molar-refractivity contribution in [2.45, 2.75) is 6.42 Å². The summed E-state index contributed by atoms with van der Waals surface area (Å²) in [5, 5.41) is 14.7. The first kappa shape index (κ1) is 18.1. The van der Waals surface area contributed by atoms with Gasteiger partial charge >= 0.3 is 6.03 Å². The van der Waals surface area contributed by atoms with E-state index in [1.54, 1.807) is 36.4 Å². The molecular weight excluding hydrogens is 394 g/mol. The summed E-state index contributed by atoms with van der Waals surface area (Å²) in [4.78, 5) is 11.7. The Kier molecular flexibility index (Phi) is 6.91. The number of hydrogen-bond donors (Lipinski definition) is 2. The molecule has 0 fully saturated rings. The van der Waals surface area contributed by atoms with Crippen LogP contribution in [0.1, 0.15) is 12.0 Å². The van der Waals surface area contributed by atoms with Gasteiger partial charge in [0.05, 0.1) is 23.3 Å². The zero-order valence-electron chi connectivity index (χ0n) is 12.7. The van der Waals surface area contributed by atoms with E-state index in [1.165, 1.54) is 0 Å². The third-order valence-corrected chi connectivity index (χ3v) is 3.82. The molecule has 0 saturated carbocycles. The van der Waals surface area contributed by atoms with Crippen molar-refractivity contribution in [2.24, 2.45) is 0 Å². The Balaban J connectivity index is 1.66. The molecule has 2 rings (SSSR count). The van der Waals surface area contributed by atoms with Crippen molar-refractivity contribution < 1.29 is 9.53 Å². The molecule has 0 radical (unpaired) electrons. The van der Waals surface area contributed by atoms with Gasteiger partial charge in [0.15, 0.2) is 0 Å². The number of nitrogens with one attached hydrogen (secondary N) is 2. The molecule has 24 heavy (non-hydrogen) atoms. The van der Waals surface area contributed by atoms with Crippen molar-refractivity contribution in [3.8, 4) is 11.8 Å². The second-order valence-electron chi connectivity index (χ2n) is 4.85. The van der Waals surface area contributed by atoms with E-state index in [1.807, 2.05) is 12.1 Å². The molecule has 0 aromatic heterocycles. The normalized spacial score (nSPS) is 9.88. The van der Waals surface area contributed by atoms with E-state index >= 15 is 0 Å². The monoisotopic (exact) mass is 407 g/mol. The maximum atomic E-state index is 11.7. The number of urea groups is 1. The fourth-order valence-electron chi connectivity index (χ4n) is 1.85. The highest BCUT2D eigenvalue weighted by Crippen LogP contribution is 2.27. The lowest BCUT2D eigenvalue weighted by Crippen LogP contribution is -2.30. The molecule has 2 aromatic carbocycles. The summed E-state index contributed by atoms with van der Waals surface area (Å²) in [6.07, 6.45) is 0.646. The number of carbonyl (C=O) groups is 1. The molecule has 124 valence electrons. The van der Waals surface area contributed by atoms with Crippen LogP contribution >= 0.6 is 27.5 Å². The number of hydrogen-bond acceptors (Lipinski definition) is 3. The number of benzene rings is 2. The van der Waals surface area contributed by atoms with Crippen molar-refractivity contribution in [3.05, 3.63) is 57.5 Å². The van der Waals surface area contributed by atoms with E-state index in [4.69, 9.17) is 21.6 Å². The van der Waals surface area contributed by atoms with E-state index in [0.29, 0.717) is 41.6 Å². The summed E-state index contributed by atoms with van der Waals surface area (Å²) >= 11 is 9.38. The maximum absolute atomic E-state index is 11.7. The second-order valence-corrected chi connectivity index (χ2v) is 6.17. The molecule has 7 heteroatoms. The molecule has 0 spiro atoms. The highest BCUT2D eigenvalue weighted by Gasteiger charge is 2.03. The fraction of sp³-hybridized carbons (Fsp3) is 0.176. The van der Waals surface area contributed by atoms with Gasteiger partial charge in [-0.1, -0.05) is 27.5 Å². The quantitative estimate of drug-likeness (QED) is 0.688. The standard InChI is InChI=1S/C17H15BrClN3O2/c18-13-4-7-16(15(19)10-13)24-9-1-8-21-17(23)22-14-5-2-12(11-20)3-6-14/h2-7,10H,1,8-9H2,(H2,21,22,23). The lowest BCUT2D eigenvalue weighted by Gasteiger charge is -2.10. The summed E-state index contributed by atoms with van der Waals surface area (Å²) < 4.78 is 6.45. The van der Waals surface area contributed by atoms with Gasteiger partial charge in [-0.3, -0.25) is 0 Å². The molecule has 0 aliphatic rings. The van der Waals surface area contributed by atoms with E-state index in [-0.39, 0.29) is 6.03 Å². The molecule has 0 aliphatic heterocycles. The summed E-state index contributed by atoms with van der Waals surface area (Å²) in [5.74, 6) is 0.613. The summed E-state index contributed by atoms with van der Waals surface area (Å²) in [6, 6.07) is 13.8. The number of amides is 2. The molecule has 0 aliphatic carbocycles. The van der Waals surface area contributed by atoms with Gasteiger partial charge in [-0.15, -0.1) is 0 Å². The fourth-order valence-corrected chi connectivity index (χ4v) is 2.58. The molecule has 0 unspecified atom stereocenters. The maximum Gasteiger partial charge on any atom is 0.319 e. The Bertz CT molecular complexity index is 744. The molecule has 0 atom stereocenters. The van der Waals surface area contributed by atoms with Gasteiger partial charge in [0, 0.05) is 16.7 Å². The van der Waals surface area contributed by atoms with Crippen molar-refractivity contribution >= 4 is 39.2 Å². The average Bonchev–Trinajstić information content (AvgIpc) is 2.57. The zero-order valence-corrected chi connectivity index (χ0v) is 15.0. The highest BCUT2D eigenvalue weighted by atomic mass is 79.9. The number of carbonyl (C=O) groups excluding carboxylic acids is 1. The van der Waals surface area contributed by atoms with Crippen molar-refractivity contribution in [2.75, 3.05) is 18.5 Å². The first-order valence-electron chi connectivity index (χ1n) is 7.21. The van der Waals surface area contributed by atoms with Gasteiger partial charge in [-0.2, -0.15) is 5.26 Å². The minimum absolute atomic E-state index is 0.304. The number of halogens is 2. The van der Waals surface area contributed by atoms with Crippen LogP contribution in [-0.2, 0) is 0 Å². The third-order valence-electron chi connectivity index (χ3n) is 3.03. The smallest absolute Gasteiger partial charge is 0.319 e. The third kappa shape index (κ3) is 5.76. The van der Waals surface area contributed by atoms with Crippen LogP contribution in [0.5, 0.6) is 5.75 Å².